The minimum absolute atomic E-state index is 0. The molecule has 0 N–H and O–H groups in total. The number of ether oxygens (including phenoxy) is 1. The van der Waals surface area contributed by atoms with Gasteiger partial charge in [-0.2, -0.15) is 0 Å². The molecule has 0 fully saturated rings. The molecule has 6 heteroatoms. The van der Waals surface area contributed by atoms with E-state index < -0.39 is 0 Å². The van der Waals surface area contributed by atoms with Crippen molar-refractivity contribution in [3.8, 4) is 0 Å². The first-order chi connectivity index (χ1) is 14.2. The van der Waals surface area contributed by atoms with E-state index >= 15 is 0 Å². The molecule has 0 saturated carbocycles. The van der Waals surface area contributed by atoms with Gasteiger partial charge in [0.1, 0.15) is 6.23 Å². The van der Waals surface area contributed by atoms with E-state index in [2.05, 4.69) is 27.8 Å². The molecule has 0 unspecified atom stereocenters. The Labute approximate surface area is 193 Å². The van der Waals surface area contributed by atoms with Gasteiger partial charge in [-0.3, -0.25) is 0 Å². The predicted molar refractivity (Wildman–Crippen MR) is 124 cm³/mol. The van der Waals surface area contributed by atoms with Gasteiger partial charge >= 0.3 is 0 Å². The quantitative estimate of drug-likeness (QED) is 0.407. The van der Waals surface area contributed by atoms with Crippen LogP contribution >= 0.6 is 35.6 Å². The first-order valence-corrected chi connectivity index (χ1v) is 11.1. The normalized spacial score (nSPS) is 20.9. The molecule has 0 spiro atoms. The Morgan fingerprint density at radius 2 is 2.00 bits per heavy atom. The minimum atomic E-state index is -0.0503. The first kappa shape index (κ1) is 21.7. The summed E-state index contributed by atoms with van der Waals surface area (Å²) >= 11 is 12.2. The lowest BCUT2D eigenvalue weighted by Crippen LogP contribution is -2.30. The highest BCUT2D eigenvalue weighted by molar-refractivity contribution is 6.42. The first-order valence-electron chi connectivity index (χ1n) is 10.3. The third-order valence-corrected chi connectivity index (χ3v) is 7.13. The highest BCUT2D eigenvalue weighted by Crippen LogP contribution is 2.46. The fourth-order valence-corrected chi connectivity index (χ4v) is 5.47. The number of nitrogens with zero attached hydrogens (tertiary/aromatic N) is 2. The lowest BCUT2D eigenvalue weighted by atomic mass is 9.69. The molecule has 3 aromatic rings. The van der Waals surface area contributed by atoms with Crippen LogP contribution in [0, 0.1) is 5.92 Å². The van der Waals surface area contributed by atoms with Crippen molar-refractivity contribution in [2.24, 2.45) is 5.92 Å². The molecule has 0 saturated heterocycles. The highest BCUT2D eigenvalue weighted by atomic mass is 35.5. The van der Waals surface area contributed by atoms with Crippen LogP contribution in [-0.2, 0) is 24.2 Å². The molecule has 1 aromatic heterocycles. The summed E-state index contributed by atoms with van der Waals surface area (Å²) in [5.41, 5.74) is 5.73. The summed E-state index contributed by atoms with van der Waals surface area (Å²) in [5, 5.41) is 1.13. The van der Waals surface area contributed by atoms with E-state index in [1.54, 1.807) is 11.1 Å². The van der Waals surface area contributed by atoms with Gasteiger partial charge in [0.15, 0.2) is 0 Å². The average molecular weight is 464 g/mol. The molecule has 0 amide bonds. The number of rotatable bonds is 5. The van der Waals surface area contributed by atoms with Gasteiger partial charge in [0.05, 0.1) is 23.0 Å². The van der Waals surface area contributed by atoms with E-state index in [1.807, 2.05) is 36.9 Å². The predicted octanol–water partition coefficient (Wildman–Crippen LogP) is 7.01. The van der Waals surface area contributed by atoms with Gasteiger partial charge in [0.2, 0.25) is 0 Å². The summed E-state index contributed by atoms with van der Waals surface area (Å²) in [5.74, 6) is 1.06. The summed E-state index contributed by atoms with van der Waals surface area (Å²) in [6, 6.07) is 12.5. The fourth-order valence-electron chi connectivity index (χ4n) is 5.15. The van der Waals surface area contributed by atoms with Crippen LogP contribution in [0.15, 0.2) is 55.1 Å². The minimum Gasteiger partial charge on any atom is -0.353 e. The molecule has 5 rings (SSSR count). The number of aryl methyl sites for hydroxylation is 1. The molecule has 30 heavy (non-hydrogen) atoms. The van der Waals surface area contributed by atoms with E-state index in [9.17, 15) is 0 Å². The van der Waals surface area contributed by atoms with Gasteiger partial charge in [0.25, 0.3) is 0 Å². The third kappa shape index (κ3) is 4.27. The van der Waals surface area contributed by atoms with Crippen molar-refractivity contribution < 1.29 is 4.74 Å². The van der Waals surface area contributed by atoms with Gasteiger partial charge in [0, 0.05) is 18.3 Å². The molecule has 158 valence electrons. The summed E-state index contributed by atoms with van der Waals surface area (Å²) in [7, 11) is 0. The van der Waals surface area contributed by atoms with E-state index in [0.29, 0.717) is 28.5 Å². The van der Waals surface area contributed by atoms with Crippen molar-refractivity contribution in [2.75, 3.05) is 0 Å². The Bertz CT molecular complexity index is 1010. The van der Waals surface area contributed by atoms with Crippen LogP contribution in [0.1, 0.15) is 53.7 Å². The largest absolute Gasteiger partial charge is 0.353 e. The van der Waals surface area contributed by atoms with Crippen LogP contribution < -0.4 is 0 Å². The topological polar surface area (TPSA) is 27.1 Å². The maximum absolute atomic E-state index is 6.48. The molecule has 0 radical (unpaired) electrons. The Hall–Kier alpha value is -1.52. The SMILES string of the molecule is Cl.Clc1ccc(CO[C@H]([C@H]2Cc3cccc4c3[C@H](CCC4)C2)n2ccnc2)cc1Cl. The van der Waals surface area contributed by atoms with Crippen molar-refractivity contribution in [2.45, 2.75) is 50.9 Å². The van der Waals surface area contributed by atoms with Gasteiger partial charge in [-0.25, -0.2) is 4.98 Å². The number of benzene rings is 2. The van der Waals surface area contributed by atoms with Crippen LogP contribution in [0.4, 0.5) is 0 Å². The second-order valence-electron chi connectivity index (χ2n) is 8.24. The van der Waals surface area contributed by atoms with E-state index in [-0.39, 0.29) is 18.6 Å². The maximum atomic E-state index is 6.48. The molecule has 2 aliphatic carbocycles. The summed E-state index contributed by atoms with van der Waals surface area (Å²) in [4.78, 5) is 4.27. The van der Waals surface area contributed by atoms with Crippen LogP contribution in [0.2, 0.25) is 10.0 Å². The monoisotopic (exact) mass is 462 g/mol. The fraction of sp³-hybridized carbons (Fsp3) is 0.375. The van der Waals surface area contributed by atoms with Gasteiger partial charge in [-0.05, 0) is 72.4 Å². The lowest BCUT2D eigenvalue weighted by molar-refractivity contribution is -0.0566. The van der Waals surface area contributed by atoms with Crippen molar-refractivity contribution >= 4 is 35.6 Å². The van der Waals surface area contributed by atoms with E-state index in [1.165, 1.54) is 24.8 Å². The van der Waals surface area contributed by atoms with Crippen LogP contribution in [0.3, 0.4) is 0 Å². The van der Waals surface area contributed by atoms with Crippen LogP contribution in [0.25, 0.3) is 0 Å². The summed E-state index contributed by atoms with van der Waals surface area (Å²) in [6.07, 6.45) is 11.6. The van der Waals surface area contributed by atoms with Crippen molar-refractivity contribution in [1.82, 2.24) is 9.55 Å². The lowest BCUT2D eigenvalue weighted by Gasteiger charge is -2.39. The van der Waals surface area contributed by atoms with Crippen molar-refractivity contribution in [3.05, 3.63) is 87.4 Å². The van der Waals surface area contributed by atoms with E-state index in [0.717, 1.165) is 18.4 Å². The van der Waals surface area contributed by atoms with Crippen LogP contribution in [-0.4, -0.2) is 9.55 Å². The number of aromatic nitrogens is 2. The smallest absolute Gasteiger partial charge is 0.138 e. The molecule has 2 aliphatic rings. The second-order valence-corrected chi connectivity index (χ2v) is 9.05. The highest BCUT2D eigenvalue weighted by Gasteiger charge is 2.35. The second kappa shape index (κ2) is 9.32. The Morgan fingerprint density at radius 3 is 2.80 bits per heavy atom. The molecular formula is C24H25Cl3N2O. The molecule has 3 nitrogen and oxygen atoms in total. The standard InChI is InChI=1S/C24H24Cl2N2O.ClH/c25-21-8-7-16(11-22(21)26)14-29-24(28-10-9-27-15-28)20-12-18-5-1-3-17-4-2-6-19(13-20)23(17)18;/h1,3,5,7-11,15,19-20,24H,2,4,6,12-14H2;1H/t19-,20+,24-;/m1./s1. The van der Waals surface area contributed by atoms with Gasteiger partial charge in [-0.1, -0.05) is 47.5 Å². The molecule has 2 aromatic carbocycles. The molecular weight excluding hydrogens is 439 g/mol. The summed E-state index contributed by atoms with van der Waals surface area (Å²) in [6.45, 7) is 0.494. The van der Waals surface area contributed by atoms with E-state index in [4.69, 9.17) is 27.9 Å². The number of imidazole rings is 1. The molecule has 0 bridgehead atoms. The maximum Gasteiger partial charge on any atom is 0.138 e. The average Bonchev–Trinajstić information content (AvgIpc) is 3.26. The van der Waals surface area contributed by atoms with Crippen molar-refractivity contribution in [3.63, 3.8) is 0 Å². The zero-order valence-corrected chi connectivity index (χ0v) is 19.0. The summed E-state index contributed by atoms with van der Waals surface area (Å²) < 4.78 is 8.60. The van der Waals surface area contributed by atoms with Gasteiger partial charge < -0.3 is 9.30 Å². The van der Waals surface area contributed by atoms with Gasteiger partial charge in [-0.15, -0.1) is 12.4 Å². The number of hydrogen-bond acceptors (Lipinski definition) is 2. The zero-order valence-electron chi connectivity index (χ0n) is 16.6. The molecule has 1 heterocycles. The third-order valence-electron chi connectivity index (χ3n) is 6.39. The Kier molecular flexibility index (Phi) is 6.74. The number of halogens is 3. The zero-order chi connectivity index (χ0) is 19.8. The molecule has 3 atom stereocenters. The Morgan fingerprint density at radius 1 is 1.13 bits per heavy atom. The van der Waals surface area contributed by atoms with Crippen molar-refractivity contribution in [1.29, 1.82) is 0 Å². The van der Waals surface area contributed by atoms with Crippen LogP contribution in [0.5, 0.6) is 0 Å². The molecule has 0 aliphatic heterocycles. The Balaban J connectivity index is 0.00000218. The number of hydrogen-bond donors (Lipinski definition) is 0.